The van der Waals surface area contributed by atoms with E-state index in [0.29, 0.717) is 13.1 Å². The number of methoxy groups -OCH3 is 2. The molecule has 1 aromatic rings. The molecule has 1 saturated heterocycles. The first-order valence-corrected chi connectivity index (χ1v) is 6.63. The Labute approximate surface area is 119 Å². The lowest BCUT2D eigenvalue weighted by Crippen LogP contribution is -2.33. The molecule has 2 N–H and O–H groups in total. The molecule has 6 nitrogen and oxygen atoms in total. The Morgan fingerprint density at radius 1 is 1.25 bits per heavy atom. The lowest BCUT2D eigenvalue weighted by atomic mass is 10.2. The molecule has 1 unspecified atom stereocenters. The lowest BCUT2D eigenvalue weighted by molar-refractivity contribution is -0.109. The lowest BCUT2D eigenvalue weighted by Gasteiger charge is -2.23. The largest absolute Gasteiger partial charge is 0.377 e. The van der Waals surface area contributed by atoms with E-state index in [0.717, 1.165) is 11.4 Å². The summed E-state index contributed by atoms with van der Waals surface area (Å²) in [6.45, 7) is 3.39. The van der Waals surface area contributed by atoms with Gasteiger partial charge in [0.1, 0.15) is 0 Å². The topological polar surface area (TPSA) is 62.8 Å². The number of rotatable bonds is 6. The van der Waals surface area contributed by atoms with Crippen LogP contribution < -0.4 is 15.5 Å². The van der Waals surface area contributed by atoms with Crippen molar-refractivity contribution in [1.29, 1.82) is 0 Å². The van der Waals surface area contributed by atoms with Crippen LogP contribution in [0.25, 0.3) is 0 Å². The van der Waals surface area contributed by atoms with Gasteiger partial charge in [0.25, 0.3) is 0 Å². The van der Waals surface area contributed by atoms with Crippen molar-refractivity contribution in [3.63, 3.8) is 0 Å². The highest BCUT2D eigenvalue weighted by Crippen LogP contribution is 2.20. The number of nitrogens with one attached hydrogen (secondary N) is 2. The summed E-state index contributed by atoms with van der Waals surface area (Å²) in [6, 6.07) is 7.71. The molecule has 0 radical (unpaired) electrons. The van der Waals surface area contributed by atoms with Crippen LogP contribution in [0.4, 0.5) is 16.2 Å². The van der Waals surface area contributed by atoms with E-state index in [-0.39, 0.29) is 18.4 Å². The summed E-state index contributed by atoms with van der Waals surface area (Å²) < 4.78 is 10.4. The molecule has 1 heterocycles. The van der Waals surface area contributed by atoms with Crippen LogP contribution in [0.1, 0.15) is 6.92 Å². The Bertz CT molecular complexity index is 445. The zero-order valence-corrected chi connectivity index (χ0v) is 12.1. The summed E-state index contributed by atoms with van der Waals surface area (Å²) in [5, 5.41) is 6.09. The van der Waals surface area contributed by atoms with Crippen LogP contribution in [0.15, 0.2) is 24.3 Å². The predicted molar refractivity (Wildman–Crippen MR) is 78.1 cm³/mol. The molecule has 1 aromatic carbocycles. The van der Waals surface area contributed by atoms with E-state index in [1.165, 1.54) is 0 Å². The van der Waals surface area contributed by atoms with Gasteiger partial charge < -0.3 is 20.1 Å². The molecule has 2 amide bonds. The number of urea groups is 1. The van der Waals surface area contributed by atoms with Crippen LogP contribution in [0.2, 0.25) is 0 Å². The molecule has 20 heavy (non-hydrogen) atoms. The highest BCUT2D eigenvalue weighted by atomic mass is 16.7. The molecule has 110 valence electrons. The smallest absolute Gasteiger partial charge is 0.321 e. The third-order valence-electron chi connectivity index (χ3n) is 3.30. The van der Waals surface area contributed by atoms with Crippen molar-refractivity contribution in [1.82, 2.24) is 5.32 Å². The number of ether oxygens (including phenoxy) is 2. The normalized spacial score (nSPS) is 16.4. The summed E-state index contributed by atoms with van der Waals surface area (Å²) in [6.07, 6.45) is -0.306. The number of nitrogens with zero attached hydrogens (tertiary/aromatic N) is 1. The fourth-order valence-electron chi connectivity index (χ4n) is 2.29. The maximum absolute atomic E-state index is 11.6. The Hall–Kier alpha value is -1.79. The Morgan fingerprint density at radius 3 is 2.40 bits per heavy atom. The van der Waals surface area contributed by atoms with Gasteiger partial charge in [0, 0.05) is 38.7 Å². The van der Waals surface area contributed by atoms with Crippen molar-refractivity contribution < 1.29 is 14.3 Å². The van der Waals surface area contributed by atoms with E-state index in [2.05, 4.69) is 10.6 Å². The second-order valence-corrected chi connectivity index (χ2v) is 4.70. The van der Waals surface area contributed by atoms with Gasteiger partial charge in [0.2, 0.25) is 0 Å². The molecule has 0 bridgehead atoms. The minimum absolute atomic E-state index is 0.0194. The number of carbonyl (C=O) groups is 1. The molecule has 2 rings (SSSR count). The van der Waals surface area contributed by atoms with Gasteiger partial charge >= 0.3 is 6.03 Å². The van der Waals surface area contributed by atoms with Crippen LogP contribution in [-0.2, 0) is 9.47 Å². The van der Waals surface area contributed by atoms with Gasteiger partial charge in [-0.3, -0.25) is 4.90 Å². The third-order valence-corrected chi connectivity index (χ3v) is 3.30. The summed E-state index contributed by atoms with van der Waals surface area (Å²) in [5.41, 5.74) is 1.85. The Morgan fingerprint density at radius 2 is 1.90 bits per heavy atom. The SMILES string of the molecule is COC(OC)C(C)Nc1ccc(N2CCNC2=O)cc1. The maximum Gasteiger partial charge on any atom is 0.321 e. The van der Waals surface area contributed by atoms with E-state index in [4.69, 9.17) is 9.47 Å². The summed E-state index contributed by atoms with van der Waals surface area (Å²) in [5.74, 6) is 0. The van der Waals surface area contributed by atoms with Gasteiger partial charge in [-0.05, 0) is 31.2 Å². The van der Waals surface area contributed by atoms with Gasteiger partial charge in [-0.25, -0.2) is 4.79 Å². The van der Waals surface area contributed by atoms with Crippen molar-refractivity contribution in [2.45, 2.75) is 19.3 Å². The van der Waals surface area contributed by atoms with Gasteiger partial charge in [-0.15, -0.1) is 0 Å². The summed E-state index contributed by atoms with van der Waals surface area (Å²) in [7, 11) is 3.23. The molecule has 1 atom stereocenters. The Balaban J connectivity index is 1.99. The molecule has 0 saturated carbocycles. The average molecular weight is 279 g/mol. The van der Waals surface area contributed by atoms with Crippen molar-refractivity contribution >= 4 is 17.4 Å². The minimum Gasteiger partial charge on any atom is -0.377 e. The fourth-order valence-corrected chi connectivity index (χ4v) is 2.29. The zero-order valence-electron chi connectivity index (χ0n) is 12.1. The van der Waals surface area contributed by atoms with Crippen LogP contribution in [0.5, 0.6) is 0 Å². The van der Waals surface area contributed by atoms with Crippen molar-refractivity contribution in [2.24, 2.45) is 0 Å². The number of hydrogen-bond acceptors (Lipinski definition) is 4. The fraction of sp³-hybridized carbons (Fsp3) is 0.500. The molecule has 0 aliphatic carbocycles. The van der Waals surface area contributed by atoms with E-state index in [1.807, 2.05) is 31.2 Å². The first-order valence-electron chi connectivity index (χ1n) is 6.63. The highest BCUT2D eigenvalue weighted by Gasteiger charge is 2.21. The quantitative estimate of drug-likeness (QED) is 0.777. The molecule has 1 aliphatic rings. The van der Waals surface area contributed by atoms with Crippen molar-refractivity contribution in [3.8, 4) is 0 Å². The van der Waals surface area contributed by atoms with Crippen LogP contribution in [0.3, 0.4) is 0 Å². The molecular formula is C14H21N3O3. The molecular weight excluding hydrogens is 258 g/mol. The average Bonchev–Trinajstić information content (AvgIpc) is 2.87. The molecule has 0 aromatic heterocycles. The second-order valence-electron chi connectivity index (χ2n) is 4.70. The van der Waals surface area contributed by atoms with Crippen molar-refractivity contribution in [2.75, 3.05) is 37.5 Å². The first kappa shape index (κ1) is 14.6. The minimum atomic E-state index is -0.306. The Kier molecular flexibility index (Phi) is 4.81. The van der Waals surface area contributed by atoms with Gasteiger partial charge in [-0.1, -0.05) is 0 Å². The van der Waals surface area contributed by atoms with E-state index in [9.17, 15) is 4.79 Å². The standard InChI is InChI=1S/C14H21N3O3/c1-10(13(19-2)20-3)16-11-4-6-12(7-5-11)17-9-8-15-14(17)18/h4-7,10,13,16H,8-9H2,1-3H3,(H,15,18). The van der Waals surface area contributed by atoms with Crippen LogP contribution in [0, 0.1) is 0 Å². The van der Waals surface area contributed by atoms with E-state index in [1.54, 1.807) is 19.1 Å². The van der Waals surface area contributed by atoms with Gasteiger partial charge in [-0.2, -0.15) is 0 Å². The maximum atomic E-state index is 11.6. The number of hydrogen-bond donors (Lipinski definition) is 2. The molecule has 6 heteroatoms. The van der Waals surface area contributed by atoms with E-state index < -0.39 is 0 Å². The first-order chi connectivity index (χ1) is 9.65. The third kappa shape index (κ3) is 3.20. The number of amides is 2. The highest BCUT2D eigenvalue weighted by molar-refractivity contribution is 5.94. The predicted octanol–water partition coefficient (Wildman–Crippen LogP) is 1.64. The number of anilines is 2. The monoisotopic (exact) mass is 279 g/mol. The van der Waals surface area contributed by atoms with Crippen LogP contribution >= 0.6 is 0 Å². The van der Waals surface area contributed by atoms with E-state index >= 15 is 0 Å². The molecule has 1 aliphatic heterocycles. The van der Waals surface area contributed by atoms with Crippen molar-refractivity contribution in [3.05, 3.63) is 24.3 Å². The second kappa shape index (κ2) is 6.58. The molecule has 0 spiro atoms. The van der Waals surface area contributed by atoms with Gasteiger partial charge in [0.15, 0.2) is 6.29 Å². The summed E-state index contributed by atoms with van der Waals surface area (Å²) in [4.78, 5) is 13.3. The number of benzene rings is 1. The summed E-state index contributed by atoms with van der Waals surface area (Å²) >= 11 is 0. The van der Waals surface area contributed by atoms with Crippen LogP contribution in [-0.4, -0.2) is 45.7 Å². The zero-order chi connectivity index (χ0) is 14.5. The number of carbonyl (C=O) groups excluding carboxylic acids is 1. The van der Waals surface area contributed by atoms with Gasteiger partial charge in [0.05, 0.1) is 6.04 Å². The molecule has 1 fully saturated rings.